The van der Waals surface area contributed by atoms with Crippen molar-refractivity contribution < 1.29 is 18.7 Å². The van der Waals surface area contributed by atoms with Gasteiger partial charge in [-0.1, -0.05) is 29.3 Å². The maximum atomic E-state index is 13.0. The number of likely N-dealkylation sites (N-methyl/N-ethyl adjacent to an activating group) is 1. The van der Waals surface area contributed by atoms with Gasteiger partial charge in [0.25, 0.3) is 5.91 Å². The molecule has 1 aromatic heterocycles. The molecule has 3 rings (SSSR count). The first-order valence-corrected chi connectivity index (χ1v) is 9.71. The van der Waals surface area contributed by atoms with Crippen LogP contribution in [0.2, 0.25) is 10.0 Å². The number of fused-ring (bicyclic) bond motifs is 1. The van der Waals surface area contributed by atoms with E-state index in [0.29, 0.717) is 39.2 Å². The number of ether oxygens (including phenoxy) is 1. The highest BCUT2D eigenvalue weighted by Gasteiger charge is 2.24. The molecule has 0 aliphatic carbocycles. The monoisotopic (exact) mass is 434 g/mol. The predicted molar refractivity (Wildman–Crippen MR) is 114 cm³/mol. The summed E-state index contributed by atoms with van der Waals surface area (Å²) in [5.74, 6) is 0.0774. The number of carbonyl (C=O) groups is 2. The molecule has 6 nitrogen and oxygen atoms in total. The average Bonchev–Trinajstić information content (AvgIpc) is 3.04. The zero-order valence-corrected chi connectivity index (χ0v) is 17.7. The van der Waals surface area contributed by atoms with Crippen molar-refractivity contribution in [2.75, 3.05) is 25.5 Å². The number of carbonyl (C=O) groups excluding carboxylic acids is 2. The van der Waals surface area contributed by atoms with Crippen LogP contribution in [0.4, 0.5) is 5.69 Å². The third-order valence-electron chi connectivity index (χ3n) is 4.57. The van der Waals surface area contributed by atoms with Gasteiger partial charge in [0.2, 0.25) is 5.91 Å². The SMILES string of the molecule is CCN(CC(=O)Nc1c(Cl)cccc1Cl)C(=O)c1oc2ccc(OC)cc2c1C. The number of furan rings is 1. The molecule has 29 heavy (non-hydrogen) atoms. The number of anilines is 1. The minimum absolute atomic E-state index is 0.170. The lowest BCUT2D eigenvalue weighted by Crippen LogP contribution is -2.38. The first kappa shape index (κ1) is 21.0. The number of halogens is 2. The van der Waals surface area contributed by atoms with Crippen LogP contribution in [0.5, 0.6) is 5.75 Å². The average molecular weight is 435 g/mol. The zero-order valence-electron chi connectivity index (χ0n) is 16.2. The van der Waals surface area contributed by atoms with Crippen molar-refractivity contribution >= 4 is 51.7 Å². The van der Waals surface area contributed by atoms with Crippen molar-refractivity contribution in [3.05, 3.63) is 57.8 Å². The summed E-state index contributed by atoms with van der Waals surface area (Å²) >= 11 is 12.2. The molecule has 1 heterocycles. The molecule has 2 amide bonds. The van der Waals surface area contributed by atoms with Crippen molar-refractivity contribution in [2.24, 2.45) is 0 Å². The molecule has 2 aromatic carbocycles. The van der Waals surface area contributed by atoms with Gasteiger partial charge in [0.05, 0.1) is 22.8 Å². The summed E-state index contributed by atoms with van der Waals surface area (Å²) in [5, 5.41) is 4.09. The number of aryl methyl sites for hydroxylation is 1. The largest absolute Gasteiger partial charge is 0.497 e. The van der Waals surface area contributed by atoms with E-state index in [-0.39, 0.29) is 18.2 Å². The fourth-order valence-electron chi connectivity index (χ4n) is 2.97. The molecular formula is C21H20Cl2N2O4. The lowest BCUT2D eigenvalue weighted by molar-refractivity contribution is -0.116. The number of nitrogens with zero attached hydrogens (tertiary/aromatic N) is 1. The van der Waals surface area contributed by atoms with Crippen LogP contribution in [0, 0.1) is 6.92 Å². The number of nitrogens with one attached hydrogen (secondary N) is 1. The molecule has 0 aliphatic heterocycles. The van der Waals surface area contributed by atoms with Gasteiger partial charge in [0.1, 0.15) is 17.9 Å². The molecule has 8 heteroatoms. The van der Waals surface area contributed by atoms with Gasteiger partial charge in [-0.15, -0.1) is 0 Å². The van der Waals surface area contributed by atoms with Crippen molar-refractivity contribution in [1.82, 2.24) is 4.90 Å². The number of hydrogen-bond donors (Lipinski definition) is 1. The summed E-state index contributed by atoms with van der Waals surface area (Å²) in [7, 11) is 1.57. The minimum Gasteiger partial charge on any atom is -0.497 e. The van der Waals surface area contributed by atoms with E-state index >= 15 is 0 Å². The molecule has 0 atom stereocenters. The Hall–Kier alpha value is -2.70. The molecule has 152 valence electrons. The number of amides is 2. The molecular weight excluding hydrogens is 415 g/mol. The number of hydrogen-bond acceptors (Lipinski definition) is 4. The molecule has 0 fully saturated rings. The fraction of sp³-hybridized carbons (Fsp3) is 0.238. The fourth-order valence-corrected chi connectivity index (χ4v) is 3.46. The molecule has 0 unspecified atom stereocenters. The Morgan fingerprint density at radius 1 is 1.17 bits per heavy atom. The van der Waals surface area contributed by atoms with E-state index in [1.807, 2.05) is 6.07 Å². The summed E-state index contributed by atoms with van der Waals surface area (Å²) < 4.78 is 11.0. The van der Waals surface area contributed by atoms with Crippen molar-refractivity contribution in [1.29, 1.82) is 0 Å². The molecule has 3 aromatic rings. The molecule has 0 saturated heterocycles. The van der Waals surface area contributed by atoms with E-state index in [4.69, 9.17) is 32.4 Å². The van der Waals surface area contributed by atoms with Crippen molar-refractivity contribution in [3.8, 4) is 5.75 Å². The number of rotatable bonds is 6. The third kappa shape index (κ3) is 4.33. The lowest BCUT2D eigenvalue weighted by Gasteiger charge is -2.20. The number of benzene rings is 2. The number of para-hydroxylation sites is 1. The zero-order chi connectivity index (χ0) is 21.1. The van der Waals surface area contributed by atoms with Gasteiger partial charge in [-0.3, -0.25) is 9.59 Å². The van der Waals surface area contributed by atoms with Crippen LogP contribution >= 0.6 is 23.2 Å². The molecule has 0 spiro atoms. The topological polar surface area (TPSA) is 71.8 Å². The molecule has 1 N–H and O–H groups in total. The summed E-state index contributed by atoms with van der Waals surface area (Å²) in [6, 6.07) is 10.3. The van der Waals surface area contributed by atoms with Crippen LogP contribution in [-0.4, -0.2) is 36.9 Å². The summed E-state index contributed by atoms with van der Waals surface area (Å²) in [6.45, 7) is 3.74. The van der Waals surface area contributed by atoms with Crippen LogP contribution in [0.15, 0.2) is 40.8 Å². The van der Waals surface area contributed by atoms with E-state index in [9.17, 15) is 9.59 Å². The van der Waals surface area contributed by atoms with Crippen LogP contribution in [0.1, 0.15) is 23.0 Å². The second-order valence-electron chi connectivity index (χ2n) is 6.38. The Morgan fingerprint density at radius 2 is 1.86 bits per heavy atom. The Morgan fingerprint density at radius 3 is 2.48 bits per heavy atom. The summed E-state index contributed by atoms with van der Waals surface area (Å²) in [6.07, 6.45) is 0. The van der Waals surface area contributed by atoms with Gasteiger partial charge in [0, 0.05) is 17.5 Å². The van der Waals surface area contributed by atoms with Crippen molar-refractivity contribution in [2.45, 2.75) is 13.8 Å². The summed E-state index contributed by atoms with van der Waals surface area (Å²) in [5.41, 5.74) is 1.59. The molecule has 0 bridgehead atoms. The summed E-state index contributed by atoms with van der Waals surface area (Å²) in [4.78, 5) is 26.9. The quantitative estimate of drug-likeness (QED) is 0.581. The van der Waals surface area contributed by atoms with E-state index in [2.05, 4.69) is 5.32 Å². The predicted octanol–water partition coefficient (Wildman–Crippen LogP) is 5.16. The second-order valence-corrected chi connectivity index (χ2v) is 7.20. The van der Waals surface area contributed by atoms with Gasteiger partial charge in [0.15, 0.2) is 5.76 Å². The second kappa shape index (κ2) is 8.76. The van der Waals surface area contributed by atoms with E-state index in [1.165, 1.54) is 4.90 Å². The van der Waals surface area contributed by atoms with Crippen molar-refractivity contribution in [3.63, 3.8) is 0 Å². The Kier molecular flexibility index (Phi) is 6.35. The Balaban J connectivity index is 1.81. The van der Waals surface area contributed by atoms with Gasteiger partial charge in [-0.05, 0) is 44.2 Å². The minimum atomic E-state index is -0.411. The molecule has 0 aliphatic rings. The van der Waals surface area contributed by atoms with Gasteiger partial charge < -0.3 is 19.4 Å². The maximum Gasteiger partial charge on any atom is 0.290 e. The van der Waals surface area contributed by atoms with Gasteiger partial charge >= 0.3 is 0 Å². The Bertz CT molecular complexity index is 1060. The highest BCUT2D eigenvalue weighted by molar-refractivity contribution is 6.39. The highest BCUT2D eigenvalue weighted by atomic mass is 35.5. The van der Waals surface area contributed by atoms with Crippen LogP contribution < -0.4 is 10.1 Å². The normalized spacial score (nSPS) is 10.8. The van der Waals surface area contributed by atoms with Crippen LogP contribution in [0.3, 0.4) is 0 Å². The lowest BCUT2D eigenvalue weighted by atomic mass is 10.1. The maximum absolute atomic E-state index is 13.0. The molecule has 0 radical (unpaired) electrons. The van der Waals surface area contributed by atoms with E-state index in [0.717, 1.165) is 5.39 Å². The van der Waals surface area contributed by atoms with Gasteiger partial charge in [-0.25, -0.2) is 0 Å². The van der Waals surface area contributed by atoms with Gasteiger partial charge in [-0.2, -0.15) is 0 Å². The van der Waals surface area contributed by atoms with Crippen LogP contribution in [-0.2, 0) is 4.79 Å². The first-order valence-electron chi connectivity index (χ1n) is 8.96. The first-order chi connectivity index (χ1) is 13.8. The smallest absolute Gasteiger partial charge is 0.290 e. The third-order valence-corrected chi connectivity index (χ3v) is 5.20. The van der Waals surface area contributed by atoms with E-state index in [1.54, 1.807) is 51.3 Å². The van der Waals surface area contributed by atoms with E-state index < -0.39 is 5.91 Å². The standard InChI is InChI=1S/C21H20Cl2N2O4/c1-4-25(11-18(26)24-19-15(22)6-5-7-16(19)23)21(27)20-12(2)14-10-13(28-3)8-9-17(14)29-20/h5-10H,4,11H2,1-3H3,(H,24,26). The molecule has 0 saturated carbocycles. The Labute approximate surface area is 178 Å². The highest BCUT2D eigenvalue weighted by Crippen LogP contribution is 2.31. The number of methoxy groups -OCH3 is 1. The van der Waals surface area contributed by atoms with Crippen LogP contribution in [0.25, 0.3) is 11.0 Å².